The zero-order chi connectivity index (χ0) is 46.5. The van der Waals surface area contributed by atoms with E-state index in [2.05, 4.69) is 300 Å². The summed E-state index contributed by atoms with van der Waals surface area (Å²) in [4.78, 5) is 0. The first kappa shape index (κ1) is 41.6. The Morgan fingerprint density at radius 3 is 0.857 bits per heavy atom. The maximum absolute atomic E-state index is 3.21. The second-order valence-electron chi connectivity index (χ2n) is 18.3. The molecule has 13 aromatic rings. The van der Waals surface area contributed by atoms with Crippen LogP contribution >= 0.6 is 0 Å². The molecule has 0 amide bonds. The quantitative estimate of drug-likeness (QED) is 0.0956. The summed E-state index contributed by atoms with van der Waals surface area (Å²) in [6.45, 7) is 0. The first-order chi connectivity index (χ1) is 34.8. The van der Waals surface area contributed by atoms with Crippen LogP contribution in [0, 0.1) is 0 Å². The zero-order valence-electron chi connectivity index (χ0n) is 38.6. The van der Waals surface area contributed by atoms with Crippen LogP contribution in [0.15, 0.2) is 291 Å². The summed E-state index contributed by atoms with van der Waals surface area (Å²) >= 11 is 0. The molecule has 11 aromatic carbocycles. The monoisotopic (exact) mass is 924 g/mol. The molecular weight excluding hydrogens is 877 g/mol. The third kappa shape index (κ3) is 6.31. The van der Waals surface area contributed by atoms with Gasteiger partial charge in [-0.05, 0) is 77.9 Å². The van der Waals surface area contributed by atoms with Crippen LogP contribution in [0.2, 0.25) is 0 Å². The molecule has 0 unspecified atom stereocenters. The molecule has 2 nitrogen and oxygen atoms in total. The molecule has 2 aromatic heterocycles. The number of fused-ring (bicyclic) bond motifs is 6. The number of para-hydroxylation sites is 4. The van der Waals surface area contributed by atoms with E-state index in [1.54, 1.807) is 0 Å². The summed E-state index contributed by atoms with van der Waals surface area (Å²) in [5.74, 6) is 0. The maximum Gasteiger partial charge on any atom is 0.181 e. The van der Waals surface area contributed by atoms with Crippen LogP contribution in [0.5, 0.6) is 0 Å². The predicted octanol–water partition coefficient (Wildman–Crippen LogP) is 10.6. The van der Waals surface area contributed by atoms with Crippen molar-refractivity contribution < 1.29 is 0 Å². The molecule has 13 rings (SSSR count). The summed E-state index contributed by atoms with van der Waals surface area (Å²) in [5, 5.41) is 15.7. The highest BCUT2D eigenvalue weighted by Crippen LogP contribution is 2.37. The summed E-state index contributed by atoms with van der Waals surface area (Å²) in [7, 11) is -6.41. The lowest BCUT2D eigenvalue weighted by Crippen LogP contribution is -2.79. The third-order valence-corrected chi connectivity index (χ3v) is 24.4. The van der Waals surface area contributed by atoms with E-state index in [4.69, 9.17) is 0 Å². The third-order valence-electron chi connectivity index (χ3n) is 14.8. The predicted molar refractivity (Wildman–Crippen MR) is 302 cm³/mol. The fourth-order valence-corrected chi connectivity index (χ4v) is 22.0. The number of benzene rings is 11. The van der Waals surface area contributed by atoms with E-state index in [-0.39, 0.29) is 0 Å². The number of hydrogen-bond acceptors (Lipinski definition) is 0. The van der Waals surface area contributed by atoms with Gasteiger partial charge in [0.25, 0.3) is 0 Å². The standard InChI is InChI=1S/C66H48N2Si2/c1-7-26-50(27-8-1)69(51-28-9-2-10-29-51,52-30-11-3-12-31-52)64-44-25-45-65(70(53-32-13-4-14-33-53,54-34-15-5-16-35-54)55-36-17-6-18-37-55)66(64)68-62-43-24-21-40-58(62)59-48-49(46-47-63(59)68)67-60-41-22-19-38-56(60)57-39-20-23-42-61(57)67/h1-48H. The molecule has 0 saturated heterocycles. The van der Waals surface area contributed by atoms with Crippen molar-refractivity contribution in [2.24, 2.45) is 0 Å². The molecule has 4 heteroatoms. The molecule has 0 radical (unpaired) electrons. The Hall–Kier alpha value is -8.55. The Kier molecular flexibility index (Phi) is 10.2. The lowest BCUT2D eigenvalue weighted by atomic mass is 10.1. The number of hydrogen-bond donors (Lipinski definition) is 0. The topological polar surface area (TPSA) is 9.86 Å². The maximum atomic E-state index is 2.68. The van der Waals surface area contributed by atoms with Crippen molar-refractivity contribution in [3.05, 3.63) is 291 Å². The van der Waals surface area contributed by atoms with Crippen molar-refractivity contribution in [1.82, 2.24) is 9.13 Å². The van der Waals surface area contributed by atoms with Crippen LogP contribution in [-0.2, 0) is 0 Å². The average Bonchev–Trinajstić information content (AvgIpc) is 3.96. The Bertz CT molecular complexity index is 3590. The van der Waals surface area contributed by atoms with E-state index >= 15 is 0 Å². The van der Waals surface area contributed by atoms with E-state index in [1.165, 1.54) is 90.8 Å². The fraction of sp³-hybridized carbons (Fsp3) is 0. The highest BCUT2D eigenvalue weighted by molar-refractivity contribution is 7.22. The van der Waals surface area contributed by atoms with Gasteiger partial charge in [-0.25, -0.2) is 0 Å². The molecule has 2 heterocycles. The Labute approximate surface area is 410 Å². The molecule has 0 bridgehead atoms. The van der Waals surface area contributed by atoms with Gasteiger partial charge in [-0.1, -0.05) is 255 Å². The Balaban J connectivity index is 1.25. The molecule has 0 atom stereocenters. The highest BCUT2D eigenvalue weighted by atomic mass is 28.3. The van der Waals surface area contributed by atoms with Gasteiger partial charge in [-0.15, -0.1) is 0 Å². The van der Waals surface area contributed by atoms with Crippen molar-refractivity contribution >= 4 is 101 Å². The van der Waals surface area contributed by atoms with Crippen LogP contribution in [0.1, 0.15) is 0 Å². The van der Waals surface area contributed by atoms with Crippen LogP contribution in [0.3, 0.4) is 0 Å². The van der Waals surface area contributed by atoms with E-state index in [9.17, 15) is 0 Å². The van der Waals surface area contributed by atoms with Gasteiger partial charge in [0.15, 0.2) is 16.1 Å². The van der Waals surface area contributed by atoms with Gasteiger partial charge in [0, 0.05) is 32.9 Å². The first-order valence-corrected chi connectivity index (χ1v) is 28.3. The van der Waals surface area contributed by atoms with Crippen molar-refractivity contribution in [2.75, 3.05) is 0 Å². The molecule has 70 heavy (non-hydrogen) atoms. The molecule has 0 aliphatic heterocycles. The zero-order valence-corrected chi connectivity index (χ0v) is 40.6. The van der Waals surface area contributed by atoms with E-state index in [0.717, 1.165) is 5.69 Å². The van der Waals surface area contributed by atoms with Crippen molar-refractivity contribution in [2.45, 2.75) is 0 Å². The minimum atomic E-state index is -3.21. The Morgan fingerprint density at radius 1 is 0.214 bits per heavy atom. The van der Waals surface area contributed by atoms with Gasteiger partial charge >= 0.3 is 0 Å². The van der Waals surface area contributed by atoms with Gasteiger partial charge in [0.2, 0.25) is 0 Å². The first-order valence-electron chi connectivity index (χ1n) is 24.3. The molecule has 0 N–H and O–H groups in total. The molecule has 330 valence electrons. The lowest BCUT2D eigenvalue weighted by molar-refractivity contribution is 1.17. The Morgan fingerprint density at radius 2 is 0.500 bits per heavy atom. The second kappa shape index (κ2) is 17.2. The number of nitrogens with zero attached hydrogens (tertiary/aromatic N) is 2. The average molecular weight is 925 g/mol. The summed E-state index contributed by atoms with van der Waals surface area (Å²) in [6, 6.07) is 110. The molecule has 0 aliphatic carbocycles. The summed E-state index contributed by atoms with van der Waals surface area (Å²) < 4.78 is 5.13. The lowest BCUT2D eigenvalue weighted by Gasteiger charge is -2.40. The molecule has 0 aliphatic rings. The van der Waals surface area contributed by atoms with Gasteiger partial charge in [0.05, 0.1) is 22.1 Å². The summed E-state index contributed by atoms with van der Waals surface area (Å²) in [5.41, 5.74) is 7.16. The van der Waals surface area contributed by atoms with Crippen molar-refractivity contribution in [3.63, 3.8) is 0 Å². The number of rotatable bonds is 10. The smallest absolute Gasteiger partial charge is 0.181 e. The van der Waals surface area contributed by atoms with Crippen LogP contribution in [0.4, 0.5) is 0 Å². The molecule has 0 saturated carbocycles. The van der Waals surface area contributed by atoms with Crippen molar-refractivity contribution in [3.8, 4) is 11.4 Å². The van der Waals surface area contributed by atoms with E-state index < -0.39 is 16.1 Å². The fourth-order valence-electron chi connectivity index (χ4n) is 12.0. The summed E-state index contributed by atoms with van der Waals surface area (Å²) in [6.07, 6.45) is 0. The van der Waals surface area contributed by atoms with Crippen molar-refractivity contribution in [1.29, 1.82) is 0 Å². The van der Waals surface area contributed by atoms with Crippen LogP contribution in [0.25, 0.3) is 55.0 Å². The minimum Gasteiger partial charge on any atom is -0.309 e. The second-order valence-corrected chi connectivity index (χ2v) is 25.9. The molecular formula is C66H48N2Si2. The van der Waals surface area contributed by atoms with Gasteiger partial charge in [-0.3, -0.25) is 0 Å². The number of aromatic nitrogens is 2. The van der Waals surface area contributed by atoms with Gasteiger partial charge in [0.1, 0.15) is 0 Å². The minimum absolute atomic E-state index is 1.14. The largest absolute Gasteiger partial charge is 0.309 e. The van der Waals surface area contributed by atoms with Gasteiger partial charge < -0.3 is 9.13 Å². The van der Waals surface area contributed by atoms with E-state index in [1.807, 2.05) is 0 Å². The normalized spacial score (nSPS) is 12.0. The molecule has 0 fully saturated rings. The SMILES string of the molecule is c1ccc([Si](c2ccccc2)(c2ccccc2)c2cccc([Si](c3ccccc3)(c3ccccc3)c3ccccc3)c2-n2c3ccccc3c3cc(-n4c5ccccc5c5ccccc54)ccc32)cc1. The van der Waals surface area contributed by atoms with E-state index in [0.29, 0.717) is 0 Å². The van der Waals surface area contributed by atoms with Crippen LogP contribution in [-0.4, -0.2) is 25.3 Å². The molecule has 0 spiro atoms. The van der Waals surface area contributed by atoms with Crippen LogP contribution < -0.4 is 41.5 Å². The van der Waals surface area contributed by atoms with Gasteiger partial charge in [-0.2, -0.15) is 0 Å². The highest BCUT2D eigenvalue weighted by Gasteiger charge is 2.48.